The average molecular weight is 320 g/mol. The molecule has 0 fully saturated rings. The van der Waals surface area contributed by atoms with E-state index < -0.39 is 0 Å². The number of hydrogen-bond donors (Lipinski definition) is 2. The fourth-order valence-electron chi connectivity index (χ4n) is 2.37. The molecule has 6 heteroatoms. The van der Waals surface area contributed by atoms with Crippen LogP contribution in [0.15, 0.2) is 22.8 Å². The molecule has 0 bridgehead atoms. The van der Waals surface area contributed by atoms with Gasteiger partial charge < -0.3 is 5.43 Å². The lowest BCUT2D eigenvalue weighted by Crippen LogP contribution is -2.17. The van der Waals surface area contributed by atoms with Crippen molar-refractivity contribution >= 4 is 21.7 Å². The number of aromatic nitrogens is 3. The van der Waals surface area contributed by atoms with Gasteiger partial charge >= 0.3 is 0 Å². The highest BCUT2D eigenvalue weighted by molar-refractivity contribution is 9.10. The van der Waals surface area contributed by atoms with E-state index >= 15 is 0 Å². The Bertz CT molecular complexity index is 597. The molecule has 0 aromatic carbocycles. The van der Waals surface area contributed by atoms with E-state index in [0.29, 0.717) is 5.82 Å². The molecule has 3 N–H and O–H groups in total. The first-order valence-electron chi connectivity index (χ1n) is 6.27. The molecule has 0 saturated heterocycles. The van der Waals surface area contributed by atoms with Gasteiger partial charge in [0.15, 0.2) is 5.82 Å². The van der Waals surface area contributed by atoms with Gasteiger partial charge in [0.05, 0.1) is 0 Å². The normalized spacial score (nSPS) is 14.0. The molecular weight excluding hydrogens is 306 g/mol. The maximum atomic E-state index is 5.59. The number of pyridine rings is 1. The summed E-state index contributed by atoms with van der Waals surface area (Å²) in [7, 11) is 0. The number of rotatable bonds is 2. The van der Waals surface area contributed by atoms with Gasteiger partial charge in [-0.05, 0) is 53.7 Å². The molecule has 0 unspecified atom stereocenters. The number of hydrogen-bond acceptors (Lipinski definition) is 5. The minimum Gasteiger partial charge on any atom is -0.308 e. The van der Waals surface area contributed by atoms with E-state index in [1.807, 2.05) is 12.1 Å². The van der Waals surface area contributed by atoms with Crippen molar-refractivity contribution in [1.82, 2.24) is 15.0 Å². The van der Waals surface area contributed by atoms with E-state index in [0.717, 1.165) is 52.9 Å². The highest BCUT2D eigenvalue weighted by atomic mass is 79.9. The topological polar surface area (TPSA) is 76.7 Å². The lowest BCUT2D eigenvalue weighted by atomic mass is 9.96. The van der Waals surface area contributed by atoms with Crippen LogP contribution in [0.4, 0.5) is 5.82 Å². The Kier molecular flexibility index (Phi) is 3.44. The highest BCUT2D eigenvalue weighted by Crippen LogP contribution is 2.29. The molecule has 1 aliphatic rings. The maximum absolute atomic E-state index is 5.59. The number of nitrogens with two attached hydrogens (primary N) is 1. The van der Waals surface area contributed by atoms with Crippen molar-refractivity contribution in [2.75, 3.05) is 5.43 Å². The number of nitrogens with zero attached hydrogens (tertiary/aromatic N) is 3. The van der Waals surface area contributed by atoms with Gasteiger partial charge in [0.2, 0.25) is 0 Å². The first-order valence-corrected chi connectivity index (χ1v) is 7.06. The number of fused-ring (bicyclic) bond motifs is 1. The van der Waals surface area contributed by atoms with Gasteiger partial charge in [0, 0.05) is 21.9 Å². The molecule has 3 rings (SSSR count). The molecule has 2 heterocycles. The van der Waals surface area contributed by atoms with Crippen LogP contribution < -0.4 is 11.3 Å². The van der Waals surface area contributed by atoms with Crippen molar-refractivity contribution < 1.29 is 0 Å². The lowest BCUT2D eigenvalue weighted by Gasteiger charge is -2.18. The second kappa shape index (κ2) is 5.22. The van der Waals surface area contributed by atoms with E-state index in [4.69, 9.17) is 5.84 Å². The van der Waals surface area contributed by atoms with Gasteiger partial charge in [0.1, 0.15) is 11.5 Å². The summed E-state index contributed by atoms with van der Waals surface area (Å²) in [5.41, 5.74) is 5.66. The molecule has 98 valence electrons. The van der Waals surface area contributed by atoms with Gasteiger partial charge in [-0.2, -0.15) is 0 Å². The molecule has 1 aliphatic carbocycles. The number of nitrogen functional groups attached to an aromatic ring is 1. The zero-order valence-corrected chi connectivity index (χ0v) is 11.9. The third kappa shape index (κ3) is 2.33. The number of nitrogens with one attached hydrogen (secondary N) is 1. The standard InChI is InChI=1S/C13H14BrN5/c14-9-5-3-7-16-11(9)13-17-10-6-2-1-4-8(10)12(18-13)19-15/h3,5,7H,1-2,4,6,15H2,(H,17,18,19). The predicted octanol–water partition coefficient (Wildman–Crippen LogP) is 2.47. The van der Waals surface area contributed by atoms with E-state index in [9.17, 15) is 0 Å². The Hall–Kier alpha value is -1.53. The molecular formula is C13H14BrN5. The summed E-state index contributed by atoms with van der Waals surface area (Å²) in [6.07, 6.45) is 6.02. The first kappa shape index (κ1) is 12.5. The number of anilines is 1. The third-order valence-electron chi connectivity index (χ3n) is 3.29. The summed E-state index contributed by atoms with van der Waals surface area (Å²) in [6.45, 7) is 0. The molecule has 2 aromatic rings. The zero-order valence-electron chi connectivity index (χ0n) is 10.4. The Morgan fingerprint density at radius 2 is 2.05 bits per heavy atom. The summed E-state index contributed by atoms with van der Waals surface area (Å²) in [6, 6.07) is 3.80. The molecule has 2 aromatic heterocycles. The van der Waals surface area contributed by atoms with E-state index in [-0.39, 0.29) is 0 Å². The SMILES string of the molecule is NNc1nc(-c2ncccc2Br)nc2c1CCCC2. The lowest BCUT2D eigenvalue weighted by molar-refractivity contribution is 0.664. The van der Waals surface area contributed by atoms with Crippen molar-refractivity contribution in [3.8, 4) is 11.5 Å². The van der Waals surface area contributed by atoms with Crippen LogP contribution in [0.25, 0.3) is 11.5 Å². The minimum absolute atomic E-state index is 0.612. The molecule has 0 aliphatic heterocycles. The van der Waals surface area contributed by atoms with Crippen molar-refractivity contribution in [2.45, 2.75) is 25.7 Å². The van der Waals surface area contributed by atoms with Crippen molar-refractivity contribution in [2.24, 2.45) is 5.84 Å². The summed E-state index contributed by atoms with van der Waals surface area (Å²) in [5.74, 6) is 6.92. The molecule has 0 saturated carbocycles. The Balaban J connectivity index is 2.15. The van der Waals surface area contributed by atoms with Crippen molar-refractivity contribution in [3.63, 3.8) is 0 Å². The zero-order chi connectivity index (χ0) is 13.2. The molecule has 0 radical (unpaired) electrons. The highest BCUT2D eigenvalue weighted by Gasteiger charge is 2.19. The molecule has 0 amide bonds. The number of aryl methyl sites for hydroxylation is 1. The monoisotopic (exact) mass is 319 g/mol. The van der Waals surface area contributed by atoms with Crippen LogP contribution in [0, 0.1) is 0 Å². The Labute approximate surface area is 119 Å². The van der Waals surface area contributed by atoms with Crippen LogP contribution in [0.2, 0.25) is 0 Å². The predicted molar refractivity (Wildman–Crippen MR) is 77.4 cm³/mol. The van der Waals surface area contributed by atoms with Gasteiger partial charge in [-0.1, -0.05) is 0 Å². The van der Waals surface area contributed by atoms with Crippen molar-refractivity contribution in [1.29, 1.82) is 0 Å². The van der Waals surface area contributed by atoms with Crippen LogP contribution in [0.1, 0.15) is 24.1 Å². The molecule has 0 atom stereocenters. The van der Waals surface area contributed by atoms with Crippen LogP contribution in [-0.2, 0) is 12.8 Å². The van der Waals surface area contributed by atoms with E-state index in [1.165, 1.54) is 0 Å². The minimum atomic E-state index is 0.612. The quantitative estimate of drug-likeness (QED) is 0.657. The van der Waals surface area contributed by atoms with Crippen LogP contribution >= 0.6 is 15.9 Å². The average Bonchev–Trinajstić information content (AvgIpc) is 2.46. The molecule has 5 nitrogen and oxygen atoms in total. The Morgan fingerprint density at radius 1 is 1.21 bits per heavy atom. The van der Waals surface area contributed by atoms with Gasteiger partial charge in [-0.15, -0.1) is 0 Å². The molecule has 0 spiro atoms. The second-order valence-electron chi connectivity index (χ2n) is 4.51. The fourth-order valence-corrected chi connectivity index (χ4v) is 2.80. The summed E-state index contributed by atoms with van der Waals surface area (Å²) >= 11 is 3.48. The van der Waals surface area contributed by atoms with Crippen LogP contribution in [-0.4, -0.2) is 15.0 Å². The van der Waals surface area contributed by atoms with Gasteiger partial charge in [-0.3, -0.25) is 4.98 Å². The maximum Gasteiger partial charge on any atom is 0.181 e. The number of hydrazine groups is 1. The Morgan fingerprint density at radius 3 is 2.84 bits per heavy atom. The number of halogens is 1. The van der Waals surface area contributed by atoms with Crippen LogP contribution in [0.5, 0.6) is 0 Å². The largest absolute Gasteiger partial charge is 0.308 e. The third-order valence-corrected chi connectivity index (χ3v) is 3.93. The fraction of sp³-hybridized carbons (Fsp3) is 0.308. The molecule has 19 heavy (non-hydrogen) atoms. The first-order chi connectivity index (χ1) is 9.29. The second-order valence-corrected chi connectivity index (χ2v) is 5.36. The summed E-state index contributed by atoms with van der Waals surface area (Å²) in [4.78, 5) is 13.5. The van der Waals surface area contributed by atoms with Crippen LogP contribution in [0.3, 0.4) is 0 Å². The summed E-state index contributed by atoms with van der Waals surface area (Å²) in [5, 5.41) is 0. The van der Waals surface area contributed by atoms with Gasteiger partial charge in [-0.25, -0.2) is 15.8 Å². The smallest absolute Gasteiger partial charge is 0.181 e. The van der Waals surface area contributed by atoms with Gasteiger partial charge in [0.25, 0.3) is 0 Å². The van der Waals surface area contributed by atoms with E-state index in [1.54, 1.807) is 6.20 Å². The van der Waals surface area contributed by atoms with E-state index in [2.05, 4.69) is 36.3 Å². The summed E-state index contributed by atoms with van der Waals surface area (Å²) < 4.78 is 0.883. The van der Waals surface area contributed by atoms with Crippen molar-refractivity contribution in [3.05, 3.63) is 34.1 Å².